The first kappa shape index (κ1) is 30.4. The Hall–Kier alpha value is -5.05. The summed E-state index contributed by atoms with van der Waals surface area (Å²) in [6.07, 6.45) is 8.74. The lowest BCUT2D eigenvalue weighted by atomic mass is 9.95. The molecule has 0 aliphatic carbocycles. The number of nitrogens with zero attached hydrogens (tertiary/aromatic N) is 4. The van der Waals surface area contributed by atoms with Crippen molar-refractivity contribution in [3.8, 4) is 29.4 Å². The van der Waals surface area contributed by atoms with Crippen LogP contribution in [0.4, 0.5) is 19.3 Å². The number of aliphatic imine (C=N–C) groups is 1. The number of halogens is 2. The normalized spacial score (nSPS) is 18.2. The Morgan fingerprint density at radius 1 is 1.23 bits per heavy atom. The van der Waals surface area contributed by atoms with Gasteiger partial charge in [-0.25, -0.2) is 13.6 Å². The van der Waals surface area contributed by atoms with Gasteiger partial charge in [0, 0.05) is 30.2 Å². The number of amides is 2. The standard InChI is InChI=1S/C32H31F2N5O5/c1-5-22-25(33)9-6-18-12-21(42)13-23(26(18)22)28-27(34)29(35-10-11-40)24(14-36-28)30(37-17-41)38-15-19-7-8-20(16-38)39(19)31(43)44-32(2,3)4/h1,6,9,11-14,17,19-20,42H,7-8,10,15-16H2,2-4H3,(H,35,36). The Balaban J connectivity index is 1.59. The van der Waals surface area contributed by atoms with E-state index < -0.39 is 23.3 Å². The van der Waals surface area contributed by atoms with Gasteiger partial charge in [0.1, 0.15) is 35.0 Å². The van der Waals surface area contributed by atoms with E-state index >= 15 is 4.39 Å². The summed E-state index contributed by atoms with van der Waals surface area (Å²) in [5.74, 6) is 0.530. The summed E-state index contributed by atoms with van der Waals surface area (Å²) in [4.78, 5) is 47.9. The Bertz CT molecular complexity index is 1710. The molecule has 0 saturated carbocycles. The molecule has 3 aromatic rings. The number of piperazine rings is 1. The summed E-state index contributed by atoms with van der Waals surface area (Å²) in [7, 11) is 0. The molecule has 0 spiro atoms. The average Bonchev–Trinajstić information content (AvgIpc) is 3.24. The van der Waals surface area contributed by atoms with Crippen molar-refractivity contribution in [2.45, 2.75) is 51.3 Å². The second kappa shape index (κ2) is 11.9. The van der Waals surface area contributed by atoms with Gasteiger partial charge in [-0.3, -0.25) is 14.7 Å². The van der Waals surface area contributed by atoms with Crippen molar-refractivity contribution >= 4 is 41.1 Å². The zero-order chi connectivity index (χ0) is 31.8. The second-order valence-electron chi connectivity index (χ2n) is 11.7. The first-order valence-electron chi connectivity index (χ1n) is 14.0. The largest absolute Gasteiger partial charge is 0.508 e. The summed E-state index contributed by atoms with van der Waals surface area (Å²) in [6, 6.07) is 4.69. The summed E-state index contributed by atoms with van der Waals surface area (Å²) in [5.41, 5.74) is -1.13. The maximum Gasteiger partial charge on any atom is 0.410 e. The van der Waals surface area contributed by atoms with Crippen LogP contribution < -0.4 is 5.32 Å². The number of phenolic OH excluding ortho intramolecular Hbond substituents is 1. The maximum absolute atomic E-state index is 16.5. The molecular weight excluding hydrogens is 572 g/mol. The van der Waals surface area contributed by atoms with E-state index in [1.165, 1.54) is 24.4 Å². The van der Waals surface area contributed by atoms with Crippen molar-refractivity contribution in [1.82, 2.24) is 14.8 Å². The van der Waals surface area contributed by atoms with Crippen molar-refractivity contribution in [3.05, 3.63) is 53.2 Å². The third-order valence-electron chi connectivity index (χ3n) is 7.63. The minimum absolute atomic E-state index is 0.0311. The molecule has 2 unspecified atom stereocenters. The molecule has 5 rings (SSSR count). The molecule has 2 N–H and O–H groups in total. The first-order chi connectivity index (χ1) is 21.0. The van der Waals surface area contributed by atoms with E-state index in [9.17, 15) is 23.9 Å². The molecule has 1 aromatic heterocycles. The molecule has 10 nitrogen and oxygen atoms in total. The molecule has 2 fully saturated rings. The molecule has 2 aromatic carbocycles. The molecular formula is C32H31F2N5O5. The number of fused-ring (bicyclic) bond motifs is 3. The van der Waals surface area contributed by atoms with Gasteiger partial charge < -0.3 is 24.9 Å². The molecule has 12 heteroatoms. The Kier molecular flexibility index (Phi) is 8.23. The van der Waals surface area contributed by atoms with E-state index in [-0.39, 0.29) is 63.7 Å². The molecule has 3 heterocycles. The van der Waals surface area contributed by atoms with Crippen LogP contribution in [0.3, 0.4) is 0 Å². The Morgan fingerprint density at radius 2 is 1.93 bits per heavy atom. The van der Waals surface area contributed by atoms with Crippen LogP contribution in [-0.4, -0.2) is 81.8 Å². The van der Waals surface area contributed by atoms with Crippen LogP contribution >= 0.6 is 0 Å². The maximum atomic E-state index is 16.5. The highest BCUT2D eigenvalue weighted by Gasteiger charge is 2.45. The van der Waals surface area contributed by atoms with Gasteiger partial charge in [0.05, 0.1) is 35.4 Å². The zero-order valence-corrected chi connectivity index (χ0v) is 24.4. The predicted octanol–water partition coefficient (Wildman–Crippen LogP) is 4.46. The number of amidine groups is 1. The summed E-state index contributed by atoms with van der Waals surface area (Å²) in [5, 5.41) is 13.7. The average molecular weight is 604 g/mol. The molecule has 2 aliphatic heterocycles. The van der Waals surface area contributed by atoms with Gasteiger partial charge in [0.25, 0.3) is 0 Å². The Morgan fingerprint density at radius 3 is 2.55 bits per heavy atom. The lowest BCUT2D eigenvalue weighted by Gasteiger charge is -2.42. The fourth-order valence-electron chi connectivity index (χ4n) is 5.97. The number of terminal acetylenes is 1. The van der Waals surface area contributed by atoms with Crippen LogP contribution in [0, 0.1) is 24.0 Å². The number of rotatable bonds is 6. The summed E-state index contributed by atoms with van der Waals surface area (Å²) in [6.45, 7) is 5.67. The zero-order valence-electron chi connectivity index (χ0n) is 24.4. The van der Waals surface area contributed by atoms with E-state index in [1.54, 1.807) is 30.6 Å². The molecule has 2 bridgehead atoms. The molecule has 44 heavy (non-hydrogen) atoms. The van der Waals surface area contributed by atoms with E-state index in [2.05, 4.69) is 21.2 Å². The Labute approximate surface area is 252 Å². The number of aromatic nitrogens is 1. The SMILES string of the molecule is C#Cc1c(F)ccc2cc(O)cc(-c3ncc(C(=NC=O)N4CC5CCC(C4)N5C(=O)OC(C)(C)C)c(NCC=O)c3F)c12. The number of carbonyl (C=O) groups excluding carboxylic acids is 3. The molecule has 2 aliphatic rings. The van der Waals surface area contributed by atoms with Crippen molar-refractivity contribution < 1.29 is 33.0 Å². The lowest BCUT2D eigenvalue weighted by Crippen LogP contribution is -2.58. The van der Waals surface area contributed by atoms with Crippen LogP contribution in [0.15, 0.2) is 35.5 Å². The van der Waals surface area contributed by atoms with Gasteiger partial charge in [-0.2, -0.15) is 4.99 Å². The second-order valence-corrected chi connectivity index (χ2v) is 11.7. The van der Waals surface area contributed by atoms with Crippen molar-refractivity contribution in [1.29, 1.82) is 0 Å². The van der Waals surface area contributed by atoms with Crippen LogP contribution in [-0.2, 0) is 14.3 Å². The monoisotopic (exact) mass is 603 g/mol. The summed E-state index contributed by atoms with van der Waals surface area (Å²) < 4.78 is 36.8. The first-order valence-corrected chi connectivity index (χ1v) is 14.0. The number of aldehydes is 1. The minimum Gasteiger partial charge on any atom is -0.508 e. The number of benzene rings is 2. The third-order valence-corrected chi connectivity index (χ3v) is 7.63. The number of hydrogen-bond donors (Lipinski definition) is 2. The predicted molar refractivity (Wildman–Crippen MR) is 160 cm³/mol. The van der Waals surface area contributed by atoms with E-state index in [1.807, 2.05) is 0 Å². The number of phenols is 1. The van der Waals surface area contributed by atoms with Crippen molar-refractivity contribution in [2.75, 3.05) is 25.0 Å². The molecule has 2 atom stereocenters. The molecule has 0 radical (unpaired) electrons. The number of hydrogen-bond acceptors (Lipinski definition) is 7. The topological polar surface area (TPSA) is 124 Å². The van der Waals surface area contributed by atoms with Crippen LogP contribution in [0.1, 0.15) is 44.7 Å². The number of nitrogens with one attached hydrogen (secondary N) is 1. The number of anilines is 1. The van der Waals surface area contributed by atoms with E-state index in [0.29, 0.717) is 44.0 Å². The fourth-order valence-corrected chi connectivity index (χ4v) is 5.97. The number of aromatic hydroxyl groups is 1. The third kappa shape index (κ3) is 5.65. The van der Waals surface area contributed by atoms with Gasteiger partial charge in [-0.05, 0) is 57.2 Å². The van der Waals surface area contributed by atoms with Crippen LogP contribution in [0.25, 0.3) is 22.0 Å². The van der Waals surface area contributed by atoms with Crippen LogP contribution in [0.5, 0.6) is 5.75 Å². The molecule has 2 amide bonds. The number of pyridine rings is 1. The molecule has 2 saturated heterocycles. The van der Waals surface area contributed by atoms with Gasteiger partial charge in [0.2, 0.25) is 6.41 Å². The quantitative estimate of drug-likeness (QED) is 0.183. The smallest absolute Gasteiger partial charge is 0.410 e. The van der Waals surface area contributed by atoms with Crippen molar-refractivity contribution in [2.24, 2.45) is 4.99 Å². The number of likely N-dealkylation sites (tertiary alicyclic amines) is 1. The highest BCUT2D eigenvalue weighted by atomic mass is 19.1. The highest BCUT2D eigenvalue weighted by Crippen LogP contribution is 2.39. The summed E-state index contributed by atoms with van der Waals surface area (Å²) >= 11 is 0. The van der Waals surface area contributed by atoms with Crippen LogP contribution in [0.2, 0.25) is 0 Å². The number of carbonyl (C=O) groups is 3. The van der Waals surface area contributed by atoms with Gasteiger partial charge in [0.15, 0.2) is 5.82 Å². The lowest BCUT2D eigenvalue weighted by molar-refractivity contribution is -0.107. The fraction of sp³-hybridized carbons (Fsp3) is 0.344. The number of ether oxygens (including phenoxy) is 1. The van der Waals surface area contributed by atoms with E-state index in [4.69, 9.17) is 11.2 Å². The highest BCUT2D eigenvalue weighted by molar-refractivity contribution is 6.08. The van der Waals surface area contributed by atoms with E-state index in [0.717, 1.165) is 6.07 Å². The van der Waals surface area contributed by atoms with Gasteiger partial charge >= 0.3 is 6.09 Å². The molecule has 228 valence electrons. The van der Waals surface area contributed by atoms with Gasteiger partial charge in [-0.1, -0.05) is 12.0 Å². The van der Waals surface area contributed by atoms with Gasteiger partial charge in [-0.15, -0.1) is 6.42 Å². The minimum atomic E-state index is -0.933. The van der Waals surface area contributed by atoms with Crippen molar-refractivity contribution in [3.63, 3.8) is 0 Å².